The number of carbonyl (C=O) groups excluding carboxylic acids is 1. The van der Waals surface area contributed by atoms with Gasteiger partial charge < -0.3 is 5.11 Å². The molecule has 0 aromatic rings. The topological polar surface area (TPSA) is 54.4 Å². The largest absolute Gasteiger partial charge is 0.481 e. The zero-order chi connectivity index (χ0) is 15.3. The first-order valence-electron chi connectivity index (χ1n) is 7.60. The quantitative estimate of drug-likeness (QED) is 0.798. The van der Waals surface area contributed by atoms with Crippen LogP contribution in [0.3, 0.4) is 0 Å². The van der Waals surface area contributed by atoms with E-state index in [9.17, 15) is 14.7 Å². The Balaban J connectivity index is 2.36. The Kier molecular flexibility index (Phi) is 3.60. The number of carboxylic acid groups (broad SMARTS) is 1. The monoisotopic (exact) mass is 278 g/mol. The molecule has 3 heteroatoms. The van der Waals surface area contributed by atoms with Gasteiger partial charge in [-0.05, 0) is 42.1 Å². The van der Waals surface area contributed by atoms with Crippen molar-refractivity contribution in [3.05, 3.63) is 11.6 Å². The van der Waals surface area contributed by atoms with Crippen LogP contribution in [-0.2, 0) is 9.59 Å². The molecule has 2 aliphatic carbocycles. The summed E-state index contributed by atoms with van der Waals surface area (Å²) in [5.41, 5.74) is 0.443. The van der Waals surface area contributed by atoms with E-state index in [-0.39, 0.29) is 22.5 Å². The Hall–Kier alpha value is -1.12. The van der Waals surface area contributed by atoms with E-state index >= 15 is 0 Å². The number of aliphatic carboxylic acids is 1. The molecule has 0 radical (unpaired) electrons. The summed E-state index contributed by atoms with van der Waals surface area (Å²) in [5.74, 6) is -0.620. The van der Waals surface area contributed by atoms with Gasteiger partial charge in [0.1, 0.15) is 0 Å². The van der Waals surface area contributed by atoms with Crippen molar-refractivity contribution in [1.29, 1.82) is 0 Å². The van der Waals surface area contributed by atoms with Crippen molar-refractivity contribution in [2.45, 2.75) is 53.9 Å². The van der Waals surface area contributed by atoms with Gasteiger partial charge in [0.05, 0.1) is 5.92 Å². The van der Waals surface area contributed by atoms with Gasteiger partial charge in [-0.25, -0.2) is 0 Å². The maximum Gasteiger partial charge on any atom is 0.310 e. The molecule has 0 aliphatic heterocycles. The number of hydrogen-bond acceptors (Lipinski definition) is 2. The minimum absolute atomic E-state index is 0.0448. The van der Waals surface area contributed by atoms with Crippen molar-refractivity contribution in [2.75, 3.05) is 0 Å². The van der Waals surface area contributed by atoms with Crippen molar-refractivity contribution in [3.63, 3.8) is 0 Å². The molecule has 3 atom stereocenters. The van der Waals surface area contributed by atoms with Crippen molar-refractivity contribution in [3.8, 4) is 0 Å². The third kappa shape index (κ3) is 2.02. The van der Waals surface area contributed by atoms with Crippen molar-refractivity contribution >= 4 is 11.8 Å². The van der Waals surface area contributed by atoms with Crippen molar-refractivity contribution < 1.29 is 14.7 Å². The van der Waals surface area contributed by atoms with E-state index in [1.807, 2.05) is 20.8 Å². The van der Waals surface area contributed by atoms with E-state index in [2.05, 4.69) is 13.8 Å². The van der Waals surface area contributed by atoms with E-state index in [4.69, 9.17) is 0 Å². The van der Waals surface area contributed by atoms with Gasteiger partial charge in [0.15, 0.2) is 5.78 Å². The molecule has 20 heavy (non-hydrogen) atoms. The molecule has 2 bridgehead atoms. The summed E-state index contributed by atoms with van der Waals surface area (Å²) in [5, 5.41) is 9.38. The number of rotatable bonds is 4. The third-order valence-corrected chi connectivity index (χ3v) is 5.79. The van der Waals surface area contributed by atoms with Gasteiger partial charge >= 0.3 is 5.97 Å². The molecule has 1 N–H and O–H groups in total. The second-order valence-corrected chi connectivity index (χ2v) is 7.67. The standard InChI is InChI=1S/C17H26O3/c1-10(2)8-11(15(19)20)9-12-13-6-7-17(5,14(12)18)16(13,3)4/h9-11,13H,6-8H2,1-5H3,(H,19,20)/b12-9+/t11-,13+,17-/m0/s1. The molecule has 112 valence electrons. The summed E-state index contributed by atoms with van der Waals surface area (Å²) >= 11 is 0. The lowest BCUT2D eigenvalue weighted by atomic mass is 9.70. The second-order valence-electron chi connectivity index (χ2n) is 7.67. The van der Waals surface area contributed by atoms with Crippen LogP contribution >= 0.6 is 0 Å². The smallest absolute Gasteiger partial charge is 0.310 e. The van der Waals surface area contributed by atoms with Crippen molar-refractivity contribution in [2.24, 2.45) is 28.6 Å². The maximum absolute atomic E-state index is 12.7. The number of ketones is 1. The van der Waals surface area contributed by atoms with Crippen LogP contribution in [0, 0.1) is 28.6 Å². The molecule has 2 aliphatic rings. The molecule has 2 fully saturated rings. The summed E-state index contributed by atoms with van der Waals surface area (Å²) in [6.07, 6.45) is 4.30. The summed E-state index contributed by atoms with van der Waals surface area (Å²) in [6, 6.07) is 0. The fourth-order valence-corrected chi connectivity index (χ4v) is 4.08. The number of carboxylic acids is 1. The SMILES string of the molecule is CC(C)C[C@@H](/C=C1/C(=O)[C@]2(C)CC[C@H]1C2(C)C)C(=O)O. The Morgan fingerprint density at radius 3 is 2.40 bits per heavy atom. The average Bonchev–Trinajstić information content (AvgIpc) is 2.62. The highest BCUT2D eigenvalue weighted by atomic mass is 16.4. The van der Waals surface area contributed by atoms with Crippen LogP contribution in [-0.4, -0.2) is 16.9 Å². The average molecular weight is 278 g/mol. The maximum atomic E-state index is 12.7. The van der Waals surface area contributed by atoms with E-state index in [0.29, 0.717) is 12.3 Å². The first kappa shape index (κ1) is 15.3. The van der Waals surface area contributed by atoms with Crippen LogP contribution in [0.25, 0.3) is 0 Å². The Labute approximate surface area is 121 Å². The molecule has 0 saturated heterocycles. The summed E-state index contributed by atoms with van der Waals surface area (Å²) < 4.78 is 0. The first-order chi connectivity index (χ1) is 9.11. The normalized spacial score (nSPS) is 35.0. The lowest BCUT2D eigenvalue weighted by Crippen LogP contribution is -2.32. The second kappa shape index (κ2) is 4.71. The summed E-state index contributed by atoms with van der Waals surface area (Å²) in [6.45, 7) is 10.4. The van der Waals surface area contributed by atoms with Crippen molar-refractivity contribution in [1.82, 2.24) is 0 Å². The van der Waals surface area contributed by atoms with Crippen LogP contribution < -0.4 is 0 Å². The fraction of sp³-hybridized carbons (Fsp3) is 0.765. The number of allylic oxidation sites excluding steroid dienone is 1. The molecular formula is C17H26O3. The molecular weight excluding hydrogens is 252 g/mol. The number of Topliss-reactive ketones (excluding diaryl/α,β-unsaturated/α-hetero) is 1. The number of fused-ring (bicyclic) bond motifs is 2. The third-order valence-electron chi connectivity index (χ3n) is 5.79. The predicted molar refractivity (Wildman–Crippen MR) is 78.3 cm³/mol. The minimum Gasteiger partial charge on any atom is -0.481 e. The first-order valence-corrected chi connectivity index (χ1v) is 7.60. The zero-order valence-electron chi connectivity index (χ0n) is 13.2. The zero-order valence-corrected chi connectivity index (χ0v) is 13.2. The number of carbonyl (C=O) groups is 2. The molecule has 0 heterocycles. The van der Waals surface area contributed by atoms with Crippen LogP contribution in [0.5, 0.6) is 0 Å². The molecule has 0 unspecified atom stereocenters. The highest BCUT2D eigenvalue weighted by molar-refractivity contribution is 6.05. The van der Waals surface area contributed by atoms with Crippen LogP contribution in [0.2, 0.25) is 0 Å². The van der Waals surface area contributed by atoms with Gasteiger partial charge in [-0.1, -0.05) is 40.7 Å². The Morgan fingerprint density at radius 1 is 1.40 bits per heavy atom. The van der Waals surface area contributed by atoms with Crippen LogP contribution in [0.1, 0.15) is 53.9 Å². The molecule has 0 aromatic heterocycles. The van der Waals surface area contributed by atoms with E-state index in [1.54, 1.807) is 6.08 Å². The van der Waals surface area contributed by atoms with Gasteiger partial charge in [0.2, 0.25) is 0 Å². The molecule has 0 spiro atoms. The van der Waals surface area contributed by atoms with Gasteiger partial charge in [-0.3, -0.25) is 9.59 Å². The molecule has 0 aromatic carbocycles. The highest BCUT2D eigenvalue weighted by Crippen LogP contribution is 2.65. The van der Waals surface area contributed by atoms with E-state index in [0.717, 1.165) is 18.4 Å². The van der Waals surface area contributed by atoms with Crippen LogP contribution in [0.15, 0.2) is 11.6 Å². The summed E-state index contributed by atoms with van der Waals surface area (Å²) in [4.78, 5) is 24.1. The lowest BCUT2D eigenvalue weighted by Gasteiger charge is -2.31. The van der Waals surface area contributed by atoms with E-state index < -0.39 is 11.9 Å². The number of hydrogen-bond donors (Lipinski definition) is 1. The molecule has 0 amide bonds. The van der Waals surface area contributed by atoms with Gasteiger partial charge in [0, 0.05) is 5.41 Å². The Bertz CT molecular complexity index is 473. The Morgan fingerprint density at radius 2 is 2.00 bits per heavy atom. The fourth-order valence-electron chi connectivity index (χ4n) is 4.08. The highest BCUT2D eigenvalue weighted by Gasteiger charge is 2.63. The van der Waals surface area contributed by atoms with Gasteiger partial charge in [0.25, 0.3) is 0 Å². The van der Waals surface area contributed by atoms with Crippen LogP contribution in [0.4, 0.5) is 0 Å². The van der Waals surface area contributed by atoms with E-state index in [1.165, 1.54) is 0 Å². The molecule has 2 rings (SSSR count). The summed E-state index contributed by atoms with van der Waals surface area (Å²) in [7, 11) is 0. The lowest BCUT2D eigenvalue weighted by molar-refractivity contribution is -0.140. The minimum atomic E-state index is -0.815. The molecule has 2 saturated carbocycles. The predicted octanol–water partition coefficient (Wildman–Crippen LogP) is 3.68. The van der Waals surface area contributed by atoms with Gasteiger partial charge in [-0.15, -0.1) is 0 Å². The molecule has 3 nitrogen and oxygen atoms in total. The van der Waals surface area contributed by atoms with Gasteiger partial charge in [-0.2, -0.15) is 0 Å².